The van der Waals surface area contributed by atoms with Crippen LogP contribution in [0, 0.1) is 0 Å². The van der Waals surface area contributed by atoms with E-state index in [2.05, 4.69) is 0 Å². The average Bonchev–Trinajstić information content (AvgIpc) is 2.62. The smallest absolute Gasteiger partial charge is 0.341 e. The predicted molar refractivity (Wildman–Crippen MR) is 98.0 cm³/mol. The Kier molecular flexibility index (Phi) is 6.67. The molecule has 0 radical (unpaired) electrons. The zero-order valence-corrected chi connectivity index (χ0v) is 14.9. The minimum atomic E-state index is -0.389. The minimum absolute atomic E-state index is 0. The van der Waals surface area contributed by atoms with Gasteiger partial charge >= 0.3 is 5.97 Å². The Morgan fingerprint density at radius 2 is 2.08 bits per heavy atom. The maximum Gasteiger partial charge on any atom is 0.341 e. The number of carbonyl (C=O) groups is 1. The molecule has 1 heterocycles. The number of ether oxygens (including phenoxy) is 3. The van der Waals surface area contributed by atoms with E-state index in [1.54, 1.807) is 25.1 Å². The summed E-state index contributed by atoms with van der Waals surface area (Å²) in [5, 5.41) is 0. The zero-order valence-electron chi connectivity index (χ0n) is 14.1. The van der Waals surface area contributed by atoms with Crippen LogP contribution in [0.4, 0.5) is 0 Å². The Hall–Kier alpha value is -2.24. The van der Waals surface area contributed by atoms with Crippen LogP contribution in [0.25, 0.3) is 0 Å². The summed E-state index contributed by atoms with van der Waals surface area (Å²) in [6.07, 6.45) is 1.87. The first-order valence-corrected chi connectivity index (χ1v) is 8.15. The molecule has 0 spiro atoms. The molecule has 0 unspecified atom stereocenters. The largest absolute Gasteiger partial charge is 0.489 e. The van der Waals surface area contributed by atoms with E-state index in [9.17, 15) is 4.79 Å². The van der Waals surface area contributed by atoms with Gasteiger partial charge in [-0.3, -0.25) is 0 Å². The summed E-state index contributed by atoms with van der Waals surface area (Å²) in [6, 6.07) is 12.7. The molecule has 25 heavy (non-hydrogen) atoms. The molecule has 1 aliphatic rings. The van der Waals surface area contributed by atoms with Gasteiger partial charge in [0.25, 0.3) is 0 Å². The van der Waals surface area contributed by atoms with Gasteiger partial charge < -0.3 is 19.9 Å². The number of nitrogens with two attached hydrogens (primary N) is 1. The van der Waals surface area contributed by atoms with Gasteiger partial charge in [0.2, 0.25) is 0 Å². The lowest BCUT2D eigenvalue weighted by Crippen LogP contribution is -2.30. The molecule has 0 aliphatic carbocycles. The number of fused-ring (bicyclic) bond motifs is 1. The number of aryl methyl sites for hydroxylation is 1. The normalized spacial score (nSPS) is 15.4. The van der Waals surface area contributed by atoms with Crippen molar-refractivity contribution in [3.05, 3.63) is 53.6 Å². The van der Waals surface area contributed by atoms with Crippen molar-refractivity contribution in [2.45, 2.75) is 25.9 Å². The summed E-state index contributed by atoms with van der Waals surface area (Å²) in [6.45, 7) is 2.62. The number of carbonyl (C=O) groups excluding carboxylic acids is 1. The highest BCUT2D eigenvalue weighted by molar-refractivity contribution is 5.92. The lowest BCUT2D eigenvalue weighted by molar-refractivity contribution is 0.0523. The molecule has 1 atom stereocenters. The van der Waals surface area contributed by atoms with Crippen LogP contribution in [0.2, 0.25) is 0 Å². The van der Waals surface area contributed by atoms with E-state index in [-0.39, 0.29) is 24.5 Å². The predicted octanol–water partition coefficient (Wildman–Crippen LogP) is 3.73. The van der Waals surface area contributed by atoms with Gasteiger partial charge in [-0.1, -0.05) is 12.1 Å². The summed E-state index contributed by atoms with van der Waals surface area (Å²) in [5.74, 6) is 1.61. The Balaban J connectivity index is 0.00000225. The Morgan fingerprint density at radius 3 is 2.84 bits per heavy atom. The number of rotatable bonds is 5. The summed E-state index contributed by atoms with van der Waals surface area (Å²) >= 11 is 0. The molecule has 0 aromatic heterocycles. The molecular formula is C19H22ClNO4. The average molecular weight is 364 g/mol. The van der Waals surface area contributed by atoms with E-state index in [4.69, 9.17) is 19.9 Å². The highest BCUT2D eigenvalue weighted by Crippen LogP contribution is 2.33. The van der Waals surface area contributed by atoms with E-state index < -0.39 is 0 Å². The molecule has 2 N–H and O–H groups in total. The number of hydrogen-bond acceptors (Lipinski definition) is 5. The number of para-hydroxylation sites is 1. The fourth-order valence-electron chi connectivity index (χ4n) is 2.71. The van der Waals surface area contributed by atoms with Crippen molar-refractivity contribution in [3.8, 4) is 17.2 Å². The molecule has 3 rings (SSSR count). The highest BCUT2D eigenvalue weighted by atomic mass is 35.5. The van der Waals surface area contributed by atoms with E-state index in [0.717, 1.165) is 24.2 Å². The van der Waals surface area contributed by atoms with Crippen LogP contribution in [0.3, 0.4) is 0 Å². The summed E-state index contributed by atoms with van der Waals surface area (Å²) in [4.78, 5) is 12.0. The fraction of sp³-hybridized carbons (Fsp3) is 0.316. The minimum Gasteiger partial charge on any atom is -0.489 e. The second-order valence-corrected chi connectivity index (χ2v) is 5.60. The zero-order chi connectivity index (χ0) is 16.9. The standard InChI is InChI=1S/C19H21NO4.ClH/c1-2-22-19(21)16-5-3-4-6-18(16)23-14-9-10-17-13(11-14)7-8-15(12-20)24-17;/h3-6,9-11,15H,2,7-8,12,20H2,1H3;1H/t15-;/m1./s1. The van der Waals surface area contributed by atoms with Crippen LogP contribution >= 0.6 is 12.4 Å². The van der Waals surface area contributed by atoms with E-state index in [1.165, 1.54) is 0 Å². The topological polar surface area (TPSA) is 70.8 Å². The molecule has 0 bridgehead atoms. The van der Waals surface area contributed by atoms with Gasteiger partial charge in [-0.2, -0.15) is 0 Å². The molecular weight excluding hydrogens is 342 g/mol. The Labute approximate surface area is 153 Å². The Bertz CT molecular complexity index is 735. The van der Waals surface area contributed by atoms with Gasteiger partial charge in [0.1, 0.15) is 28.9 Å². The van der Waals surface area contributed by atoms with Gasteiger partial charge in [-0.25, -0.2) is 4.79 Å². The molecule has 0 saturated heterocycles. The van der Waals surface area contributed by atoms with Gasteiger partial charge in [-0.05, 0) is 55.7 Å². The van der Waals surface area contributed by atoms with Crippen LogP contribution in [0.1, 0.15) is 29.3 Å². The summed E-state index contributed by atoms with van der Waals surface area (Å²) in [5.41, 5.74) is 7.17. The molecule has 1 aliphatic heterocycles. The van der Waals surface area contributed by atoms with Crippen molar-refractivity contribution in [1.82, 2.24) is 0 Å². The van der Waals surface area contributed by atoms with Crippen LogP contribution in [-0.2, 0) is 11.2 Å². The molecule has 2 aromatic rings. The number of halogens is 1. The molecule has 2 aromatic carbocycles. The fourth-order valence-corrected chi connectivity index (χ4v) is 2.71. The van der Waals surface area contributed by atoms with Crippen LogP contribution in [0.15, 0.2) is 42.5 Å². The van der Waals surface area contributed by atoms with Gasteiger partial charge in [0.15, 0.2) is 0 Å². The lowest BCUT2D eigenvalue weighted by atomic mass is 10.0. The van der Waals surface area contributed by atoms with Crippen molar-refractivity contribution in [1.29, 1.82) is 0 Å². The number of esters is 1. The second-order valence-electron chi connectivity index (χ2n) is 5.60. The molecule has 0 saturated carbocycles. The maximum absolute atomic E-state index is 12.0. The van der Waals surface area contributed by atoms with Gasteiger partial charge in [0.05, 0.1) is 6.61 Å². The molecule has 0 fully saturated rings. The molecule has 0 amide bonds. The van der Waals surface area contributed by atoms with Crippen molar-refractivity contribution >= 4 is 18.4 Å². The van der Waals surface area contributed by atoms with Crippen molar-refractivity contribution in [2.24, 2.45) is 5.73 Å². The van der Waals surface area contributed by atoms with Crippen molar-refractivity contribution in [3.63, 3.8) is 0 Å². The van der Waals surface area contributed by atoms with Gasteiger partial charge in [-0.15, -0.1) is 12.4 Å². The third kappa shape index (κ3) is 4.44. The quantitative estimate of drug-likeness (QED) is 0.819. The first-order chi connectivity index (χ1) is 11.7. The molecule has 134 valence electrons. The monoisotopic (exact) mass is 363 g/mol. The number of hydrogen-bond donors (Lipinski definition) is 1. The van der Waals surface area contributed by atoms with E-state index >= 15 is 0 Å². The van der Waals surface area contributed by atoms with Crippen LogP contribution in [-0.4, -0.2) is 25.2 Å². The van der Waals surface area contributed by atoms with E-state index in [1.807, 2.05) is 24.3 Å². The van der Waals surface area contributed by atoms with E-state index in [0.29, 0.717) is 30.2 Å². The third-order valence-electron chi connectivity index (χ3n) is 3.93. The van der Waals surface area contributed by atoms with Crippen LogP contribution in [0.5, 0.6) is 17.2 Å². The van der Waals surface area contributed by atoms with Crippen LogP contribution < -0.4 is 15.2 Å². The summed E-state index contributed by atoms with van der Waals surface area (Å²) in [7, 11) is 0. The summed E-state index contributed by atoms with van der Waals surface area (Å²) < 4.78 is 16.8. The maximum atomic E-state index is 12.0. The SMILES string of the molecule is CCOC(=O)c1ccccc1Oc1ccc2c(c1)CC[C@H](CN)O2.Cl. The third-order valence-corrected chi connectivity index (χ3v) is 3.93. The van der Waals surface area contributed by atoms with Crippen molar-refractivity contribution in [2.75, 3.05) is 13.2 Å². The lowest BCUT2D eigenvalue weighted by Gasteiger charge is -2.25. The van der Waals surface area contributed by atoms with Gasteiger partial charge in [0, 0.05) is 6.54 Å². The second kappa shape index (κ2) is 8.74. The van der Waals surface area contributed by atoms with Crippen molar-refractivity contribution < 1.29 is 19.0 Å². The highest BCUT2D eigenvalue weighted by Gasteiger charge is 2.20. The molecule has 6 heteroatoms. The number of benzene rings is 2. The first kappa shape index (κ1) is 19.1. The molecule has 5 nitrogen and oxygen atoms in total. The first-order valence-electron chi connectivity index (χ1n) is 8.15. The Morgan fingerprint density at radius 1 is 1.28 bits per heavy atom.